The van der Waals surface area contributed by atoms with Crippen LogP contribution < -0.4 is 4.74 Å². The summed E-state index contributed by atoms with van der Waals surface area (Å²) >= 11 is 0. The van der Waals surface area contributed by atoms with Gasteiger partial charge < -0.3 is 4.74 Å². The van der Waals surface area contributed by atoms with Gasteiger partial charge in [-0.25, -0.2) is 0 Å². The molecule has 1 fully saturated rings. The number of nitrogens with zero attached hydrogens (tertiary/aromatic N) is 1. The first kappa shape index (κ1) is 14.8. The van der Waals surface area contributed by atoms with Crippen molar-refractivity contribution in [2.75, 3.05) is 7.11 Å². The summed E-state index contributed by atoms with van der Waals surface area (Å²) < 4.78 is 5.56. The van der Waals surface area contributed by atoms with Gasteiger partial charge in [-0.3, -0.25) is 4.99 Å². The van der Waals surface area contributed by atoms with Gasteiger partial charge in [-0.05, 0) is 25.0 Å². The maximum absolute atomic E-state index is 5.56. The van der Waals surface area contributed by atoms with Crippen molar-refractivity contribution in [2.24, 2.45) is 4.99 Å². The molecule has 2 aromatic rings. The molecule has 2 aromatic carbocycles. The molecule has 0 radical (unpaired) electrons. The van der Waals surface area contributed by atoms with E-state index in [2.05, 4.69) is 36.4 Å². The van der Waals surface area contributed by atoms with Gasteiger partial charge in [0.05, 0.1) is 18.9 Å². The van der Waals surface area contributed by atoms with Crippen molar-refractivity contribution < 1.29 is 4.74 Å². The molecule has 0 atom stereocenters. The molecule has 2 nitrogen and oxygen atoms in total. The zero-order chi connectivity index (χ0) is 15.2. The van der Waals surface area contributed by atoms with Crippen LogP contribution in [0.5, 0.6) is 5.75 Å². The first-order chi connectivity index (χ1) is 10.9. The maximum Gasteiger partial charge on any atom is 0.128 e. The maximum atomic E-state index is 5.56. The number of methoxy groups -OCH3 is 1. The molecule has 3 rings (SSSR count). The summed E-state index contributed by atoms with van der Waals surface area (Å²) in [5.74, 6) is 0.890. The van der Waals surface area contributed by atoms with E-state index in [0.29, 0.717) is 6.04 Å². The van der Waals surface area contributed by atoms with Crippen LogP contribution in [0.1, 0.15) is 43.2 Å². The number of ether oxygens (including phenoxy) is 1. The molecular weight excluding hydrogens is 270 g/mol. The predicted octanol–water partition coefficient (Wildman–Crippen LogP) is 4.87. The molecule has 0 spiro atoms. The lowest BCUT2D eigenvalue weighted by Crippen LogP contribution is -2.15. The topological polar surface area (TPSA) is 21.6 Å². The summed E-state index contributed by atoms with van der Waals surface area (Å²) in [6, 6.07) is 19.1. The summed E-state index contributed by atoms with van der Waals surface area (Å²) in [5.41, 5.74) is 3.31. The number of hydrogen-bond acceptors (Lipinski definition) is 2. The lowest BCUT2D eigenvalue weighted by Gasteiger charge is -2.20. The fourth-order valence-electron chi connectivity index (χ4n) is 3.13. The lowest BCUT2D eigenvalue weighted by molar-refractivity contribution is 0.413. The van der Waals surface area contributed by atoms with Crippen molar-refractivity contribution in [3.8, 4) is 5.75 Å². The molecule has 0 bridgehead atoms. The molecule has 0 heterocycles. The van der Waals surface area contributed by atoms with Gasteiger partial charge >= 0.3 is 0 Å². The summed E-state index contributed by atoms with van der Waals surface area (Å²) in [7, 11) is 1.72. The Kier molecular flexibility index (Phi) is 4.89. The van der Waals surface area contributed by atoms with Crippen molar-refractivity contribution in [1.82, 2.24) is 0 Å². The Morgan fingerprint density at radius 2 is 1.59 bits per heavy atom. The number of benzene rings is 2. The van der Waals surface area contributed by atoms with E-state index in [1.165, 1.54) is 32.1 Å². The van der Waals surface area contributed by atoms with Crippen molar-refractivity contribution in [3.63, 3.8) is 0 Å². The third kappa shape index (κ3) is 3.38. The highest BCUT2D eigenvalue weighted by Crippen LogP contribution is 2.26. The minimum Gasteiger partial charge on any atom is -0.496 e. The Balaban J connectivity index is 2.04. The second-order valence-corrected chi connectivity index (χ2v) is 5.84. The molecule has 114 valence electrons. The van der Waals surface area contributed by atoms with Gasteiger partial charge in [-0.1, -0.05) is 61.7 Å². The van der Waals surface area contributed by atoms with E-state index < -0.39 is 0 Å². The van der Waals surface area contributed by atoms with E-state index in [0.717, 1.165) is 22.6 Å². The Bertz CT molecular complexity index is 627. The zero-order valence-electron chi connectivity index (χ0n) is 13.2. The van der Waals surface area contributed by atoms with Gasteiger partial charge in [0.25, 0.3) is 0 Å². The highest BCUT2D eigenvalue weighted by molar-refractivity contribution is 6.14. The number of hydrogen-bond donors (Lipinski definition) is 0. The minimum atomic E-state index is 0.439. The van der Waals surface area contributed by atoms with Crippen LogP contribution >= 0.6 is 0 Å². The van der Waals surface area contributed by atoms with Gasteiger partial charge in [0.15, 0.2) is 0 Å². The Hall–Kier alpha value is -2.09. The second kappa shape index (κ2) is 7.26. The van der Waals surface area contributed by atoms with E-state index >= 15 is 0 Å². The summed E-state index contributed by atoms with van der Waals surface area (Å²) in [6.07, 6.45) is 6.34. The molecule has 0 aromatic heterocycles. The lowest BCUT2D eigenvalue weighted by atomic mass is 9.94. The largest absolute Gasteiger partial charge is 0.496 e. The standard InChI is InChI=1S/C20H23NO/c1-22-19-15-9-8-14-18(19)20(16-10-4-2-5-11-16)21-17-12-6-3-7-13-17/h2,4-5,8-11,14-15,17H,3,6-7,12-13H2,1H3. The molecular formula is C20H23NO. The minimum absolute atomic E-state index is 0.439. The van der Waals surface area contributed by atoms with Crippen LogP contribution in [0.25, 0.3) is 0 Å². The van der Waals surface area contributed by atoms with Gasteiger partial charge in [0.1, 0.15) is 5.75 Å². The third-order valence-corrected chi connectivity index (χ3v) is 4.30. The molecule has 0 amide bonds. The average Bonchev–Trinajstić information content (AvgIpc) is 2.61. The van der Waals surface area contributed by atoms with Crippen molar-refractivity contribution in [3.05, 3.63) is 65.7 Å². The van der Waals surface area contributed by atoms with Crippen LogP contribution in [0, 0.1) is 0 Å². The molecule has 0 N–H and O–H groups in total. The Morgan fingerprint density at radius 1 is 0.909 bits per heavy atom. The van der Waals surface area contributed by atoms with Crippen LogP contribution in [0.3, 0.4) is 0 Å². The molecule has 22 heavy (non-hydrogen) atoms. The van der Waals surface area contributed by atoms with Crippen LogP contribution in [-0.4, -0.2) is 18.9 Å². The third-order valence-electron chi connectivity index (χ3n) is 4.30. The predicted molar refractivity (Wildman–Crippen MR) is 91.9 cm³/mol. The molecule has 0 saturated heterocycles. The highest BCUT2D eigenvalue weighted by atomic mass is 16.5. The van der Waals surface area contributed by atoms with E-state index in [4.69, 9.17) is 9.73 Å². The number of aliphatic imine (C=N–C) groups is 1. The van der Waals surface area contributed by atoms with Gasteiger partial charge in [0.2, 0.25) is 0 Å². The van der Waals surface area contributed by atoms with Crippen molar-refractivity contribution in [2.45, 2.75) is 38.1 Å². The molecule has 1 aliphatic carbocycles. The van der Waals surface area contributed by atoms with Gasteiger partial charge in [0, 0.05) is 11.1 Å². The number of para-hydroxylation sites is 1. The Labute approximate surface area is 132 Å². The first-order valence-corrected chi connectivity index (χ1v) is 8.15. The van der Waals surface area contributed by atoms with E-state index in [-0.39, 0.29) is 0 Å². The highest BCUT2D eigenvalue weighted by Gasteiger charge is 2.17. The summed E-state index contributed by atoms with van der Waals surface area (Å²) in [6.45, 7) is 0. The van der Waals surface area contributed by atoms with Crippen LogP contribution in [0.15, 0.2) is 59.6 Å². The zero-order valence-corrected chi connectivity index (χ0v) is 13.2. The fraction of sp³-hybridized carbons (Fsp3) is 0.350. The molecule has 1 aliphatic rings. The molecule has 1 saturated carbocycles. The first-order valence-electron chi connectivity index (χ1n) is 8.15. The van der Waals surface area contributed by atoms with Crippen LogP contribution in [0.4, 0.5) is 0 Å². The monoisotopic (exact) mass is 293 g/mol. The quantitative estimate of drug-likeness (QED) is 0.737. The smallest absolute Gasteiger partial charge is 0.128 e. The van der Waals surface area contributed by atoms with E-state index in [1.54, 1.807) is 7.11 Å². The van der Waals surface area contributed by atoms with Crippen LogP contribution in [0.2, 0.25) is 0 Å². The van der Waals surface area contributed by atoms with Gasteiger partial charge in [-0.15, -0.1) is 0 Å². The van der Waals surface area contributed by atoms with Crippen molar-refractivity contribution in [1.29, 1.82) is 0 Å². The SMILES string of the molecule is COc1ccccc1C(=NC1CCCCC1)c1ccccc1. The molecule has 0 aliphatic heterocycles. The fourth-order valence-corrected chi connectivity index (χ4v) is 3.13. The van der Waals surface area contributed by atoms with E-state index in [9.17, 15) is 0 Å². The molecule has 0 unspecified atom stereocenters. The Morgan fingerprint density at radius 3 is 2.32 bits per heavy atom. The average molecular weight is 293 g/mol. The summed E-state index contributed by atoms with van der Waals surface area (Å²) in [4.78, 5) is 5.12. The molecule has 2 heteroatoms. The van der Waals surface area contributed by atoms with Gasteiger partial charge in [-0.2, -0.15) is 0 Å². The second-order valence-electron chi connectivity index (χ2n) is 5.84. The summed E-state index contributed by atoms with van der Waals surface area (Å²) in [5, 5.41) is 0. The van der Waals surface area contributed by atoms with Crippen molar-refractivity contribution >= 4 is 5.71 Å². The normalized spacial score (nSPS) is 16.5. The number of rotatable bonds is 4. The van der Waals surface area contributed by atoms with E-state index in [1.807, 2.05) is 18.2 Å². The van der Waals surface area contributed by atoms with Crippen LogP contribution in [-0.2, 0) is 0 Å².